The van der Waals surface area contributed by atoms with Gasteiger partial charge in [0.15, 0.2) is 0 Å². The Morgan fingerprint density at radius 2 is 1.32 bits per heavy atom. The van der Waals surface area contributed by atoms with Crippen LogP contribution in [-0.2, 0) is 16.2 Å². The van der Waals surface area contributed by atoms with E-state index in [2.05, 4.69) is 4.72 Å². The molecule has 8 heteroatoms. The van der Waals surface area contributed by atoms with E-state index >= 15 is 0 Å². The molecule has 0 amide bonds. The van der Waals surface area contributed by atoms with Gasteiger partial charge in [0.1, 0.15) is 4.90 Å². The van der Waals surface area contributed by atoms with E-state index in [9.17, 15) is 21.6 Å². The van der Waals surface area contributed by atoms with Crippen LogP contribution in [-0.4, -0.2) is 8.42 Å². The summed E-state index contributed by atoms with van der Waals surface area (Å²) in [4.78, 5) is -0.624. The Morgan fingerprint density at radius 3 is 1.79 bits per heavy atom. The van der Waals surface area contributed by atoms with Gasteiger partial charge < -0.3 is 0 Å². The molecule has 0 saturated heterocycles. The maximum Gasteiger partial charge on any atom is 0.416 e. The van der Waals surface area contributed by atoms with Gasteiger partial charge in [-0.2, -0.15) is 17.9 Å². The van der Waals surface area contributed by atoms with Gasteiger partial charge >= 0.3 is 6.18 Å². The van der Waals surface area contributed by atoms with Crippen LogP contribution in [0.15, 0.2) is 83.8 Å². The fraction of sp³-hybridized carbons (Fsp3) is 0.100. The topological polar surface area (TPSA) is 46.2 Å². The molecule has 146 valence electrons. The molecule has 0 aliphatic rings. The molecular formula is C20H15ClF3NO2S. The maximum absolute atomic E-state index is 13.0. The fourth-order valence-electron chi connectivity index (χ4n) is 2.72. The lowest BCUT2D eigenvalue weighted by Gasteiger charge is -2.21. The second-order valence-corrected chi connectivity index (χ2v) is 8.11. The van der Waals surface area contributed by atoms with Crippen LogP contribution >= 0.6 is 11.6 Å². The van der Waals surface area contributed by atoms with E-state index in [0.29, 0.717) is 17.2 Å². The molecule has 28 heavy (non-hydrogen) atoms. The predicted octanol–water partition coefficient (Wildman–Crippen LogP) is 5.43. The molecule has 3 aromatic carbocycles. The zero-order chi connectivity index (χ0) is 20.4. The average Bonchev–Trinajstić information content (AvgIpc) is 2.67. The number of alkyl halides is 3. The first kappa shape index (κ1) is 20.4. The van der Waals surface area contributed by atoms with Crippen LogP contribution in [0.2, 0.25) is 5.02 Å². The minimum Gasteiger partial charge on any atom is -0.207 e. The quantitative estimate of drug-likeness (QED) is 0.592. The Bertz CT molecular complexity index is 1020. The summed E-state index contributed by atoms with van der Waals surface area (Å²) in [7, 11) is -4.35. The first-order valence-electron chi connectivity index (χ1n) is 8.17. The molecule has 3 aromatic rings. The van der Waals surface area contributed by atoms with Crippen LogP contribution in [0.5, 0.6) is 0 Å². The van der Waals surface area contributed by atoms with Crippen LogP contribution in [0.1, 0.15) is 22.7 Å². The van der Waals surface area contributed by atoms with Crippen molar-refractivity contribution in [2.45, 2.75) is 17.1 Å². The van der Waals surface area contributed by atoms with Crippen molar-refractivity contribution in [3.63, 3.8) is 0 Å². The summed E-state index contributed by atoms with van der Waals surface area (Å²) in [6.07, 6.45) is -4.69. The number of hydrogen-bond donors (Lipinski definition) is 1. The first-order chi connectivity index (χ1) is 13.2. The van der Waals surface area contributed by atoms with Gasteiger partial charge in [-0.25, -0.2) is 8.42 Å². The van der Waals surface area contributed by atoms with Crippen molar-refractivity contribution < 1.29 is 21.6 Å². The second-order valence-electron chi connectivity index (χ2n) is 6.02. The number of hydrogen-bond acceptors (Lipinski definition) is 2. The minimum absolute atomic E-state index is 0.291. The van der Waals surface area contributed by atoms with Gasteiger partial charge in [-0.1, -0.05) is 72.3 Å². The number of rotatable bonds is 5. The SMILES string of the molecule is O=S(=O)(NC(c1ccccc1)c1ccccc1)c1cc(C(F)(F)F)ccc1Cl. The van der Waals surface area contributed by atoms with E-state index in [1.807, 2.05) is 0 Å². The molecule has 0 radical (unpaired) electrons. The molecule has 0 heterocycles. The van der Waals surface area contributed by atoms with Gasteiger partial charge in [0.25, 0.3) is 0 Å². The highest BCUT2D eigenvalue weighted by atomic mass is 35.5. The monoisotopic (exact) mass is 425 g/mol. The maximum atomic E-state index is 13.0. The molecule has 0 saturated carbocycles. The van der Waals surface area contributed by atoms with Crippen LogP contribution in [0, 0.1) is 0 Å². The highest BCUT2D eigenvalue weighted by Crippen LogP contribution is 2.34. The van der Waals surface area contributed by atoms with Crippen molar-refractivity contribution in [1.82, 2.24) is 4.72 Å². The number of benzene rings is 3. The van der Waals surface area contributed by atoms with E-state index in [-0.39, 0.29) is 5.02 Å². The second kappa shape index (κ2) is 7.95. The Morgan fingerprint density at radius 1 is 0.821 bits per heavy atom. The van der Waals surface area contributed by atoms with Gasteiger partial charge in [0, 0.05) is 0 Å². The lowest BCUT2D eigenvalue weighted by atomic mass is 10.00. The summed E-state index contributed by atoms with van der Waals surface area (Å²) in [6, 6.07) is 18.9. The van der Waals surface area contributed by atoms with Crippen molar-refractivity contribution in [2.75, 3.05) is 0 Å². The molecule has 3 rings (SSSR count). The standard InChI is InChI=1S/C20H15ClF3NO2S/c21-17-12-11-16(20(22,23)24)13-18(17)28(26,27)25-19(14-7-3-1-4-8-14)15-9-5-2-6-10-15/h1-13,19,25H. The molecule has 3 nitrogen and oxygen atoms in total. The van der Waals surface area contributed by atoms with Gasteiger partial charge in [-0.3, -0.25) is 0 Å². The lowest BCUT2D eigenvalue weighted by molar-refractivity contribution is -0.137. The Hall–Kier alpha value is -2.35. The van der Waals surface area contributed by atoms with Gasteiger partial charge in [-0.15, -0.1) is 0 Å². The summed E-state index contributed by atoms with van der Waals surface area (Å²) in [5, 5.41) is -0.291. The third-order valence-corrected chi connectivity index (χ3v) is 5.99. The molecule has 0 aliphatic carbocycles. The van der Waals surface area contributed by atoms with Crippen LogP contribution < -0.4 is 4.72 Å². The van der Waals surface area contributed by atoms with E-state index in [4.69, 9.17) is 11.6 Å². The Kier molecular flexibility index (Phi) is 5.79. The van der Waals surface area contributed by atoms with E-state index in [1.165, 1.54) is 0 Å². The van der Waals surface area contributed by atoms with E-state index in [1.54, 1.807) is 60.7 Å². The summed E-state index contributed by atoms with van der Waals surface area (Å²) in [6.45, 7) is 0. The number of nitrogens with one attached hydrogen (secondary N) is 1. The number of halogens is 4. The largest absolute Gasteiger partial charge is 0.416 e. The zero-order valence-corrected chi connectivity index (χ0v) is 15.9. The molecule has 0 atom stereocenters. The molecule has 0 aliphatic heterocycles. The normalized spacial score (nSPS) is 12.3. The first-order valence-corrected chi connectivity index (χ1v) is 10.0. The Labute approximate surface area is 165 Å². The van der Waals surface area contributed by atoms with Crippen LogP contribution in [0.3, 0.4) is 0 Å². The summed E-state index contributed by atoms with van der Waals surface area (Å²) >= 11 is 5.92. The van der Waals surface area contributed by atoms with Crippen LogP contribution in [0.25, 0.3) is 0 Å². The predicted molar refractivity (Wildman–Crippen MR) is 102 cm³/mol. The van der Waals surface area contributed by atoms with Crippen molar-refractivity contribution in [3.8, 4) is 0 Å². The summed E-state index contributed by atoms with van der Waals surface area (Å²) in [5.74, 6) is 0. The van der Waals surface area contributed by atoms with Gasteiger partial charge in [0.2, 0.25) is 10.0 Å². The molecule has 1 N–H and O–H groups in total. The van der Waals surface area contributed by atoms with Gasteiger partial charge in [0.05, 0.1) is 16.6 Å². The molecule has 0 bridgehead atoms. The smallest absolute Gasteiger partial charge is 0.207 e. The van der Waals surface area contributed by atoms with Crippen molar-refractivity contribution in [1.29, 1.82) is 0 Å². The van der Waals surface area contributed by atoms with Crippen molar-refractivity contribution >= 4 is 21.6 Å². The molecule has 0 spiro atoms. The minimum atomic E-state index is -4.69. The van der Waals surface area contributed by atoms with E-state index < -0.39 is 32.7 Å². The molecule has 0 unspecified atom stereocenters. The average molecular weight is 426 g/mol. The third-order valence-electron chi connectivity index (χ3n) is 4.09. The highest BCUT2D eigenvalue weighted by Gasteiger charge is 2.33. The lowest BCUT2D eigenvalue weighted by Crippen LogP contribution is -2.30. The molecule has 0 fully saturated rings. The Balaban J connectivity index is 2.06. The van der Waals surface area contributed by atoms with Gasteiger partial charge in [-0.05, 0) is 29.3 Å². The van der Waals surface area contributed by atoms with Crippen molar-refractivity contribution in [2.24, 2.45) is 0 Å². The summed E-state index contributed by atoms with van der Waals surface area (Å²) in [5.41, 5.74) is 0.189. The highest BCUT2D eigenvalue weighted by molar-refractivity contribution is 7.89. The fourth-order valence-corrected chi connectivity index (χ4v) is 4.46. The molecular weight excluding hydrogens is 411 g/mol. The zero-order valence-electron chi connectivity index (χ0n) is 14.3. The van der Waals surface area contributed by atoms with Crippen LogP contribution in [0.4, 0.5) is 13.2 Å². The van der Waals surface area contributed by atoms with Crippen molar-refractivity contribution in [3.05, 3.63) is 101 Å². The summed E-state index contributed by atoms with van der Waals surface area (Å²) < 4.78 is 67.4. The van der Waals surface area contributed by atoms with E-state index in [0.717, 1.165) is 12.1 Å². The molecule has 0 aromatic heterocycles. The third kappa shape index (κ3) is 4.55. The number of sulfonamides is 1.